The molecule has 0 saturated heterocycles. The molecule has 0 N–H and O–H groups in total. The van der Waals surface area contributed by atoms with Crippen LogP contribution in [0.1, 0.15) is 5.56 Å². The van der Waals surface area contributed by atoms with E-state index in [9.17, 15) is 4.79 Å². The summed E-state index contributed by atoms with van der Waals surface area (Å²) in [6.45, 7) is 0. The van der Waals surface area contributed by atoms with E-state index in [0.717, 1.165) is 21.5 Å². The van der Waals surface area contributed by atoms with Crippen molar-refractivity contribution in [1.82, 2.24) is 4.57 Å². The first-order chi connectivity index (χ1) is 11.1. The quantitative estimate of drug-likeness (QED) is 0.727. The van der Waals surface area contributed by atoms with Crippen LogP contribution in [0.25, 0.3) is 10.2 Å². The maximum atomic E-state index is 12.2. The Morgan fingerprint density at radius 3 is 2.83 bits per heavy atom. The summed E-state index contributed by atoms with van der Waals surface area (Å²) in [6.07, 6.45) is 0.235. The van der Waals surface area contributed by atoms with Crippen LogP contribution in [0, 0.1) is 0 Å². The van der Waals surface area contributed by atoms with Gasteiger partial charge in [-0.3, -0.25) is 4.79 Å². The minimum Gasteiger partial charge on any atom is -0.497 e. The number of para-hydroxylation sites is 1. The predicted molar refractivity (Wildman–Crippen MR) is 93.1 cm³/mol. The molecule has 118 valence electrons. The number of halogens is 1. The summed E-state index contributed by atoms with van der Waals surface area (Å²) in [5.41, 5.74) is 1.77. The van der Waals surface area contributed by atoms with Crippen molar-refractivity contribution in [3.05, 3.63) is 57.9 Å². The third-order valence-corrected chi connectivity index (χ3v) is 4.89. The zero-order valence-electron chi connectivity index (χ0n) is 12.7. The molecule has 0 unspecified atom stereocenters. The van der Waals surface area contributed by atoms with Crippen molar-refractivity contribution in [2.24, 2.45) is 12.0 Å². The number of ether oxygens (including phenoxy) is 1. The second-order valence-corrected chi connectivity index (χ2v) is 6.48. The number of thiazole rings is 1. The van der Waals surface area contributed by atoms with E-state index in [-0.39, 0.29) is 12.3 Å². The number of amides is 1. The monoisotopic (exact) mass is 346 g/mol. The number of hydrogen-bond acceptors (Lipinski definition) is 3. The molecule has 0 aliphatic carbocycles. The average molecular weight is 347 g/mol. The molecule has 0 saturated carbocycles. The van der Waals surface area contributed by atoms with Crippen LogP contribution < -0.4 is 9.54 Å². The van der Waals surface area contributed by atoms with E-state index in [2.05, 4.69) is 4.99 Å². The zero-order chi connectivity index (χ0) is 16.4. The van der Waals surface area contributed by atoms with Gasteiger partial charge in [-0.15, -0.1) is 0 Å². The molecule has 0 atom stereocenters. The fraction of sp³-hybridized carbons (Fsp3) is 0.176. The van der Waals surface area contributed by atoms with E-state index < -0.39 is 0 Å². The molecule has 1 amide bonds. The van der Waals surface area contributed by atoms with Gasteiger partial charge in [0.1, 0.15) is 5.75 Å². The van der Waals surface area contributed by atoms with Gasteiger partial charge in [0.2, 0.25) is 0 Å². The standard InChI is InChI=1S/C17H15ClN2O2S/c1-20-16-13(18)7-4-8-14(16)23-17(20)19-15(21)10-11-5-3-6-12(9-11)22-2/h3-9H,10H2,1-2H3. The van der Waals surface area contributed by atoms with Crippen LogP contribution in [-0.2, 0) is 18.3 Å². The number of carbonyl (C=O) groups excluding carboxylic acids is 1. The summed E-state index contributed by atoms with van der Waals surface area (Å²) < 4.78 is 8.03. The highest BCUT2D eigenvalue weighted by atomic mass is 35.5. The maximum Gasteiger partial charge on any atom is 0.252 e. The lowest BCUT2D eigenvalue weighted by molar-refractivity contribution is -0.117. The number of rotatable bonds is 3. The summed E-state index contributed by atoms with van der Waals surface area (Å²) in [6, 6.07) is 13.1. The molecule has 0 aliphatic rings. The Labute approximate surface area is 142 Å². The number of fused-ring (bicyclic) bond motifs is 1. The van der Waals surface area contributed by atoms with Gasteiger partial charge in [-0.2, -0.15) is 4.99 Å². The van der Waals surface area contributed by atoms with Crippen molar-refractivity contribution >= 4 is 39.1 Å². The Kier molecular flexibility index (Phi) is 4.50. The molecule has 1 aromatic heterocycles. The van der Waals surface area contributed by atoms with Crippen molar-refractivity contribution in [3.8, 4) is 5.75 Å². The molecule has 4 nitrogen and oxygen atoms in total. The molecule has 0 radical (unpaired) electrons. The normalized spacial score (nSPS) is 11.9. The van der Waals surface area contributed by atoms with Crippen LogP contribution in [0.5, 0.6) is 5.75 Å². The molecule has 2 aromatic carbocycles. The third-order valence-electron chi connectivity index (χ3n) is 3.48. The van der Waals surface area contributed by atoms with Crippen LogP contribution in [0.15, 0.2) is 47.5 Å². The molecule has 0 aliphatic heterocycles. The van der Waals surface area contributed by atoms with Gasteiger partial charge in [0, 0.05) is 7.05 Å². The van der Waals surface area contributed by atoms with E-state index in [1.54, 1.807) is 7.11 Å². The molecule has 3 rings (SSSR count). The summed E-state index contributed by atoms with van der Waals surface area (Å²) in [5, 5.41) is 0.656. The fourth-order valence-electron chi connectivity index (χ4n) is 2.37. The smallest absolute Gasteiger partial charge is 0.252 e. The van der Waals surface area contributed by atoms with Gasteiger partial charge in [-0.05, 0) is 29.8 Å². The predicted octanol–water partition coefficient (Wildman–Crippen LogP) is 3.57. The Hall–Kier alpha value is -2.11. The molecule has 0 bridgehead atoms. The second-order valence-electron chi connectivity index (χ2n) is 5.06. The Bertz CT molecular complexity index is 943. The van der Waals surface area contributed by atoms with Crippen LogP contribution in [0.3, 0.4) is 0 Å². The number of aryl methyl sites for hydroxylation is 1. The SMILES string of the molecule is COc1cccc(CC(=O)N=c2sc3cccc(Cl)c3n2C)c1. The van der Waals surface area contributed by atoms with Gasteiger partial charge in [-0.1, -0.05) is 41.1 Å². The highest BCUT2D eigenvalue weighted by Crippen LogP contribution is 2.24. The van der Waals surface area contributed by atoms with Gasteiger partial charge in [0.25, 0.3) is 5.91 Å². The molecule has 6 heteroatoms. The zero-order valence-corrected chi connectivity index (χ0v) is 14.3. The Morgan fingerprint density at radius 2 is 2.09 bits per heavy atom. The van der Waals surface area contributed by atoms with Crippen LogP contribution in [-0.4, -0.2) is 17.6 Å². The highest BCUT2D eigenvalue weighted by molar-refractivity contribution is 7.16. The Morgan fingerprint density at radius 1 is 1.30 bits per heavy atom. The maximum absolute atomic E-state index is 12.2. The molecule has 1 heterocycles. The van der Waals surface area contributed by atoms with Crippen LogP contribution >= 0.6 is 22.9 Å². The van der Waals surface area contributed by atoms with Crippen molar-refractivity contribution in [3.63, 3.8) is 0 Å². The first-order valence-electron chi connectivity index (χ1n) is 7.03. The first kappa shape index (κ1) is 15.8. The summed E-state index contributed by atoms with van der Waals surface area (Å²) in [7, 11) is 3.47. The largest absolute Gasteiger partial charge is 0.497 e. The van der Waals surface area contributed by atoms with Gasteiger partial charge in [-0.25, -0.2) is 0 Å². The topological polar surface area (TPSA) is 43.6 Å². The number of nitrogens with zero attached hydrogens (tertiary/aromatic N) is 2. The van der Waals surface area contributed by atoms with E-state index in [1.165, 1.54) is 11.3 Å². The van der Waals surface area contributed by atoms with Gasteiger partial charge < -0.3 is 9.30 Å². The molecular weight excluding hydrogens is 332 g/mol. The molecule has 0 spiro atoms. The molecule has 3 aromatic rings. The lowest BCUT2D eigenvalue weighted by atomic mass is 10.1. The van der Waals surface area contributed by atoms with Crippen molar-refractivity contribution in [2.45, 2.75) is 6.42 Å². The molecule has 23 heavy (non-hydrogen) atoms. The van der Waals surface area contributed by atoms with Crippen molar-refractivity contribution in [2.75, 3.05) is 7.11 Å². The summed E-state index contributed by atoms with van der Waals surface area (Å²) in [5.74, 6) is 0.533. The van der Waals surface area contributed by atoms with Gasteiger partial charge in [0.15, 0.2) is 4.80 Å². The number of methoxy groups -OCH3 is 1. The lowest BCUT2D eigenvalue weighted by Crippen LogP contribution is -2.14. The minimum atomic E-state index is -0.198. The fourth-order valence-corrected chi connectivity index (χ4v) is 3.79. The van der Waals surface area contributed by atoms with Gasteiger partial charge >= 0.3 is 0 Å². The number of carbonyl (C=O) groups is 1. The van der Waals surface area contributed by atoms with Crippen LogP contribution in [0.2, 0.25) is 5.02 Å². The van der Waals surface area contributed by atoms with Crippen LogP contribution in [0.4, 0.5) is 0 Å². The van der Waals surface area contributed by atoms with Gasteiger partial charge in [0.05, 0.1) is 28.8 Å². The molecular formula is C17H15ClN2O2S. The number of hydrogen-bond donors (Lipinski definition) is 0. The average Bonchev–Trinajstić information content (AvgIpc) is 2.85. The molecule has 0 fully saturated rings. The highest BCUT2D eigenvalue weighted by Gasteiger charge is 2.08. The minimum absolute atomic E-state index is 0.198. The van der Waals surface area contributed by atoms with Crippen molar-refractivity contribution < 1.29 is 9.53 Å². The third kappa shape index (κ3) is 3.30. The van der Waals surface area contributed by atoms with E-state index in [1.807, 2.05) is 54.1 Å². The number of aromatic nitrogens is 1. The number of benzene rings is 2. The van der Waals surface area contributed by atoms with E-state index >= 15 is 0 Å². The van der Waals surface area contributed by atoms with E-state index in [0.29, 0.717) is 9.82 Å². The second kappa shape index (κ2) is 6.56. The first-order valence-corrected chi connectivity index (χ1v) is 8.22. The lowest BCUT2D eigenvalue weighted by Gasteiger charge is -2.02. The summed E-state index contributed by atoms with van der Waals surface area (Å²) in [4.78, 5) is 17.1. The summed E-state index contributed by atoms with van der Waals surface area (Å²) >= 11 is 7.67. The van der Waals surface area contributed by atoms with E-state index in [4.69, 9.17) is 16.3 Å². The van der Waals surface area contributed by atoms with Crippen molar-refractivity contribution in [1.29, 1.82) is 0 Å². The Balaban J connectivity index is 1.93.